The summed E-state index contributed by atoms with van der Waals surface area (Å²) in [5.41, 5.74) is 2.18. The number of hydrogen-bond donors (Lipinski definition) is 0. The molecule has 0 spiro atoms. The second-order valence-electron chi connectivity index (χ2n) is 4.51. The number of rotatable bonds is 1. The molecule has 3 heteroatoms. The Morgan fingerprint density at radius 2 is 2.07 bits per heavy atom. The van der Waals surface area contributed by atoms with Crippen LogP contribution in [0.3, 0.4) is 0 Å². The summed E-state index contributed by atoms with van der Waals surface area (Å²) in [4.78, 5) is 11.2. The van der Waals surface area contributed by atoms with Crippen LogP contribution in [0.1, 0.15) is 36.6 Å². The average molecular weight is 205 g/mol. The lowest BCUT2D eigenvalue weighted by Crippen LogP contribution is -2.18. The maximum absolute atomic E-state index is 4.49. The molecule has 0 saturated carbocycles. The summed E-state index contributed by atoms with van der Waals surface area (Å²) in [6, 6.07) is 0. The highest BCUT2D eigenvalue weighted by atomic mass is 15.1. The molecule has 1 aliphatic heterocycles. The molecule has 0 aromatic carbocycles. The second kappa shape index (κ2) is 4.71. The van der Waals surface area contributed by atoms with Crippen LogP contribution in [0.25, 0.3) is 0 Å². The van der Waals surface area contributed by atoms with Crippen LogP contribution in [0.15, 0.2) is 12.4 Å². The molecule has 0 aliphatic carbocycles. The molecule has 1 atom stereocenters. The molecule has 2 rings (SSSR count). The normalized spacial score (nSPS) is 23.7. The minimum atomic E-state index is 0.614. The zero-order valence-corrected chi connectivity index (χ0v) is 9.61. The van der Waals surface area contributed by atoms with Crippen molar-refractivity contribution in [3.05, 3.63) is 23.8 Å². The fourth-order valence-electron chi connectivity index (χ4n) is 2.15. The molecular weight excluding hydrogens is 186 g/mol. The standard InChI is InChI=1S/C12H19N3/c1-10-8-14-12(9-13-10)11-4-3-6-15(2)7-5-11/h8-9,11H,3-7H2,1-2H3. The molecule has 1 aliphatic rings. The van der Waals surface area contributed by atoms with Crippen molar-refractivity contribution in [1.29, 1.82) is 0 Å². The van der Waals surface area contributed by atoms with Gasteiger partial charge in [-0.3, -0.25) is 9.97 Å². The van der Waals surface area contributed by atoms with E-state index in [0.29, 0.717) is 5.92 Å². The number of hydrogen-bond acceptors (Lipinski definition) is 3. The van der Waals surface area contributed by atoms with Crippen molar-refractivity contribution in [3.63, 3.8) is 0 Å². The third-order valence-corrected chi connectivity index (χ3v) is 3.17. The molecule has 0 N–H and O–H groups in total. The summed E-state index contributed by atoms with van der Waals surface area (Å²) in [5, 5.41) is 0. The largest absolute Gasteiger partial charge is 0.306 e. The Bertz CT molecular complexity index is 307. The van der Waals surface area contributed by atoms with Crippen molar-refractivity contribution in [2.45, 2.75) is 32.1 Å². The first-order valence-corrected chi connectivity index (χ1v) is 5.73. The van der Waals surface area contributed by atoms with Crippen LogP contribution in [0.4, 0.5) is 0 Å². The van der Waals surface area contributed by atoms with Gasteiger partial charge < -0.3 is 4.90 Å². The quantitative estimate of drug-likeness (QED) is 0.702. The summed E-state index contributed by atoms with van der Waals surface area (Å²) in [6.45, 7) is 4.38. The van der Waals surface area contributed by atoms with Crippen LogP contribution in [0.2, 0.25) is 0 Å². The van der Waals surface area contributed by atoms with Gasteiger partial charge in [-0.1, -0.05) is 0 Å². The summed E-state index contributed by atoms with van der Waals surface area (Å²) in [5.74, 6) is 0.614. The molecule has 0 bridgehead atoms. The van der Waals surface area contributed by atoms with Gasteiger partial charge in [0.25, 0.3) is 0 Å². The molecule has 2 heterocycles. The lowest BCUT2D eigenvalue weighted by Gasteiger charge is -2.14. The van der Waals surface area contributed by atoms with Gasteiger partial charge >= 0.3 is 0 Å². The lowest BCUT2D eigenvalue weighted by atomic mass is 9.97. The number of likely N-dealkylation sites (tertiary alicyclic amines) is 1. The van der Waals surface area contributed by atoms with E-state index in [1.54, 1.807) is 0 Å². The minimum Gasteiger partial charge on any atom is -0.306 e. The zero-order valence-electron chi connectivity index (χ0n) is 9.61. The van der Waals surface area contributed by atoms with Crippen molar-refractivity contribution < 1.29 is 0 Å². The summed E-state index contributed by atoms with van der Waals surface area (Å²) in [7, 11) is 2.20. The van der Waals surface area contributed by atoms with Crippen LogP contribution < -0.4 is 0 Å². The van der Waals surface area contributed by atoms with Crippen molar-refractivity contribution in [1.82, 2.24) is 14.9 Å². The highest BCUT2D eigenvalue weighted by Gasteiger charge is 2.17. The molecule has 1 saturated heterocycles. The Hall–Kier alpha value is -0.960. The molecule has 1 unspecified atom stereocenters. The first kappa shape index (κ1) is 10.6. The number of aryl methyl sites for hydroxylation is 1. The predicted octanol–water partition coefficient (Wildman–Crippen LogP) is 1.98. The molecule has 82 valence electrons. The second-order valence-corrected chi connectivity index (χ2v) is 4.51. The third-order valence-electron chi connectivity index (χ3n) is 3.17. The van der Waals surface area contributed by atoms with E-state index in [0.717, 1.165) is 5.69 Å². The van der Waals surface area contributed by atoms with Crippen LogP contribution >= 0.6 is 0 Å². The Labute approximate surface area is 91.5 Å². The fourth-order valence-corrected chi connectivity index (χ4v) is 2.15. The Kier molecular flexibility index (Phi) is 3.31. The van der Waals surface area contributed by atoms with Crippen LogP contribution in [-0.4, -0.2) is 35.0 Å². The van der Waals surface area contributed by atoms with Gasteiger partial charge in [0.1, 0.15) is 0 Å². The summed E-state index contributed by atoms with van der Waals surface area (Å²) >= 11 is 0. The first-order valence-electron chi connectivity index (χ1n) is 5.73. The van der Waals surface area contributed by atoms with E-state index in [2.05, 4.69) is 21.9 Å². The predicted molar refractivity (Wildman–Crippen MR) is 60.9 cm³/mol. The molecule has 0 radical (unpaired) electrons. The van der Waals surface area contributed by atoms with Crippen LogP contribution in [0.5, 0.6) is 0 Å². The van der Waals surface area contributed by atoms with Gasteiger partial charge in [-0.2, -0.15) is 0 Å². The van der Waals surface area contributed by atoms with Crippen LogP contribution in [-0.2, 0) is 0 Å². The van der Waals surface area contributed by atoms with Gasteiger partial charge in [-0.15, -0.1) is 0 Å². The molecule has 1 fully saturated rings. The fraction of sp³-hybridized carbons (Fsp3) is 0.667. The van der Waals surface area contributed by atoms with Crippen LogP contribution in [0, 0.1) is 6.92 Å². The molecule has 3 nitrogen and oxygen atoms in total. The molecule has 15 heavy (non-hydrogen) atoms. The van der Waals surface area contributed by atoms with Gasteiger partial charge in [0, 0.05) is 18.3 Å². The average Bonchev–Trinajstić information content (AvgIpc) is 2.44. The maximum Gasteiger partial charge on any atom is 0.0618 e. The van der Waals surface area contributed by atoms with E-state index in [9.17, 15) is 0 Å². The van der Waals surface area contributed by atoms with Gasteiger partial charge in [-0.05, 0) is 46.3 Å². The van der Waals surface area contributed by atoms with Crippen molar-refractivity contribution in [2.24, 2.45) is 0 Å². The van der Waals surface area contributed by atoms with E-state index in [4.69, 9.17) is 0 Å². The minimum absolute atomic E-state index is 0.614. The Morgan fingerprint density at radius 1 is 1.20 bits per heavy atom. The van der Waals surface area contributed by atoms with E-state index in [-0.39, 0.29) is 0 Å². The monoisotopic (exact) mass is 205 g/mol. The van der Waals surface area contributed by atoms with Gasteiger partial charge in [0.2, 0.25) is 0 Å². The SMILES string of the molecule is Cc1cnc(C2CCCN(C)CC2)cn1. The smallest absolute Gasteiger partial charge is 0.0618 e. The zero-order chi connectivity index (χ0) is 10.7. The van der Waals surface area contributed by atoms with E-state index in [1.165, 1.54) is 38.0 Å². The van der Waals surface area contributed by atoms with E-state index >= 15 is 0 Å². The van der Waals surface area contributed by atoms with E-state index in [1.807, 2.05) is 19.3 Å². The van der Waals surface area contributed by atoms with Gasteiger partial charge in [-0.25, -0.2) is 0 Å². The van der Waals surface area contributed by atoms with E-state index < -0.39 is 0 Å². The lowest BCUT2D eigenvalue weighted by molar-refractivity contribution is 0.347. The highest BCUT2D eigenvalue weighted by molar-refractivity contribution is 5.07. The topological polar surface area (TPSA) is 29.0 Å². The maximum atomic E-state index is 4.49. The summed E-state index contributed by atoms with van der Waals surface area (Å²) < 4.78 is 0. The Balaban J connectivity index is 2.06. The number of aromatic nitrogens is 2. The highest BCUT2D eigenvalue weighted by Crippen LogP contribution is 2.25. The number of nitrogens with zero attached hydrogens (tertiary/aromatic N) is 3. The van der Waals surface area contributed by atoms with Crippen molar-refractivity contribution in [2.75, 3.05) is 20.1 Å². The molecule has 0 amide bonds. The van der Waals surface area contributed by atoms with Crippen molar-refractivity contribution >= 4 is 0 Å². The first-order chi connectivity index (χ1) is 7.25. The molecule has 1 aromatic rings. The van der Waals surface area contributed by atoms with Crippen molar-refractivity contribution in [3.8, 4) is 0 Å². The molecule has 1 aromatic heterocycles. The molecular formula is C12H19N3. The van der Waals surface area contributed by atoms with Gasteiger partial charge in [0.05, 0.1) is 11.4 Å². The summed E-state index contributed by atoms with van der Waals surface area (Å²) in [6.07, 6.45) is 7.57. The third kappa shape index (κ3) is 2.75. The van der Waals surface area contributed by atoms with Gasteiger partial charge in [0.15, 0.2) is 0 Å². The Morgan fingerprint density at radius 3 is 2.80 bits per heavy atom.